The zero-order valence-corrected chi connectivity index (χ0v) is 14.7. The van der Waals surface area contributed by atoms with Gasteiger partial charge in [-0.1, -0.05) is 90.5 Å². The highest BCUT2D eigenvalue weighted by Gasteiger charge is 2.38. The molecule has 5 heteroatoms. The van der Waals surface area contributed by atoms with Gasteiger partial charge in [-0.2, -0.15) is 13.2 Å². The van der Waals surface area contributed by atoms with Crippen molar-refractivity contribution in [2.75, 3.05) is 0 Å². The van der Waals surface area contributed by atoms with E-state index >= 15 is 0 Å². The van der Waals surface area contributed by atoms with Crippen LogP contribution in [-0.2, 0) is 6.18 Å². The van der Waals surface area contributed by atoms with Gasteiger partial charge in [-0.15, -0.1) is 0 Å². The number of pyridine rings is 1. The molecule has 0 N–H and O–H groups in total. The molecule has 0 saturated carbocycles. The molecule has 0 saturated heterocycles. The van der Waals surface area contributed by atoms with Crippen molar-refractivity contribution in [2.24, 2.45) is 0 Å². The van der Waals surface area contributed by atoms with Crippen molar-refractivity contribution in [3.8, 4) is 22.3 Å². The van der Waals surface area contributed by atoms with Crippen LogP contribution >= 0.6 is 11.6 Å². The third-order valence-electron chi connectivity index (χ3n) is 4.37. The lowest BCUT2D eigenvalue weighted by Crippen LogP contribution is -2.11. The molecule has 0 unspecified atom stereocenters. The zero-order chi connectivity index (χ0) is 19.0. The van der Waals surface area contributed by atoms with Gasteiger partial charge in [0, 0.05) is 16.5 Å². The second-order valence-corrected chi connectivity index (χ2v) is 6.46. The van der Waals surface area contributed by atoms with E-state index in [-0.39, 0.29) is 16.1 Å². The summed E-state index contributed by atoms with van der Waals surface area (Å²) < 4.78 is 41.6. The van der Waals surface area contributed by atoms with Gasteiger partial charge in [0.2, 0.25) is 0 Å². The van der Waals surface area contributed by atoms with E-state index in [1.807, 2.05) is 30.3 Å². The molecule has 1 aromatic heterocycles. The first-order valence-electron chi connectivity index (χ1n) is 8.27. The van der Waals surface area contributed by atoms with Gasteiger partial charge in [0.15, 0.2) is 5.69 Å². The minimum Gasteiger partial charge on any atom is -0.242 e. The number of nitrogens with zero attached hydrogens (tertiary/aromatic N) is 1. The highest BCUT2D eigenvalue weighted by molar-refractivity contribution is 6.38. The van der Waals surface area contributed by atoms with Crippen molar-refractivity contribution in [1.29, 1.82) is 0 Å². The molecule has 0 radical (unpaired) electrons. The standard InChI is InChI=1S/C22H13ClF3N/c23-19-17-13-7-12-16(14-8-3-1-4-9-14)20(17)27-21(22(24,25)26)18(19)15-10-5-2-6-11-15/h1-13H. The molecule has 0 atom stereocenters. The van der Waals surface area contributed by atoms with Crippen molar-refractivity contribution in [2.45, 2.75) is 6.18 Å². The molecule has 134 valence electrons. The molecule has 1 nitrogen and oxygen atoms in total. The monoisotopic (exact) mass is 383 g/mol. The first-order chi connectivity index (χ1) is 13.0. The molecule has 0 aliphatic carbocycles. The Morgan fingerprint density at radius 1 is 0.704 bits per heavy atom. The second-order valence-electron chi connectivity index (χ2n) is 6.08. The second kappa shape index (κ2) is 6.71. The van der Waals surface area contributed by atoms with E-state index in [1.54, 1.807) is 48.5 Å². The summed E-state index contributed by atoms with van der Waals surface area (Å²) in [6.45, 7) is 0. The number of hydrogen-bond donors (Lipinski definition) is 0. The number of halogens is 4. The summed E-state index contributed by atoms with van der Waals surface area (Å²) in [4.78, 5) is 4.05. The van der Waals surface area contributed by atoms with Gasteiger partial charge in [-0.05, 0) is 11.1 Å². The third-order valence-corrected chi connectivity index (χ3v) is 4.76. The van der Waals surface area contributed by atoms with E-state index in [0.717, 1.165) is 5.56 Å². The lowest BCUT2D eigenvalue weighted by Gasteiger charge is -2.17. The molecular formula is C22H13ClF3N. The van der Waals surface area contributed by atoms with Crippen molar-refractivity contribution in [1.82, 2.24) is 4.98 Å². The number of rotatable bonds is 2. The third kappa shape index (κ3) is 3.17. The lowest BCUT2D eigenvalue weighted by atomic mass is 9.97. The van der Waals surface area contributed by atoms with Crippen LogP contribution in [0.3, 0.4) is 0 Å². The fraction of sp³-hybridized carbons (Fsp3) is 0.0455. The largest absolute Gasteiger partial charge is 0.434 e. The number of aromatic nitrogens is 1. The summed E-state index contributed by atoms with van der Waals surface area (Å²) in [5, 5.41) is 0.543. The number of para-hydroxylation sites is 1. The van der Waals surface area contributed by atoms with Crippen LogP contribution in [0.25, 0.3) is 33.2 Å². The molecule has 27 heavy (non-hydrogen) atoms. The highest BCUT2D eigenvalue weighted by Crippen LogP contribution is 2.44. The minimum atomic E-state index is -4.63. The van der Waals surface area contributed by atoms with Crippen LogP contribution in [0.5, 0.6) is 0 Å². The topological polar surface area (TPSA) is 12.9 Å². The number of benzene rings is 3. The van der Waals surface area contributed by atoms with Crippen LogP contribution in [-0.4, -0.2) is 4.98 Å². The van der Waals surface area contributed by atoms with Crippen LogP contribution in [0.1, 0.15) is 5.69 Å². The zero-order valence-electron chi connectivity index (χ0n) is 14.0. The first kappa shape index (κ1) is 17.6. The molecule has 0 aliphatic heterocycles. The van der Waals surface area contributed by atoms with E-state index in [1.165, 1.54) is 0 Å². The van der Waals surface area contributed by atoms with Gasteiger partial charge >= 0.3 is 6.18 Å². The average molecular weight is 384 g/mol. The molecule has 0 amide bonds. The van der Waals surface area contributed by atoms with Gasteiger partial charge in [0.25, 0.3) is 0 Å². The Kier molecular flexibility index (Phi) is 4.36. The van der Waals surface area contributed by atoms with Crippen LogP contribution in [0, 0.1) is 0 Å². The van der Waals surface area contributed by atoms with Crippen molar-refractivity contribution >= 4 is 22.5 Å². The number of hydrogen-bond acceptors (Lipinski definition) is 1. The van der Waals surface area contributed by atoms with Gasteiger partial charge in [0.1, 0.15) is 0 Å². The molecule has 0 aliphatic rings. The van der Waals surface area contributed by atoms with E-state index in [4.69, 9.17) is 11.6 Å². The van der Waals surface area contributed by atoms with Gasteiger partial charge in [-0.3, -0.25) is 0 Å². The van der Waals surface area contributed by atoms with Crippen LogP contribution < -0.4 is 0 Å². The summed E-state index contributed by atoms with van der Waals surface area (Å²) in [5.74, 6) is 0. The number of alkyl halides is 3. The van der Waals surface area contributed by atoms with Crippen LogP contribution in [0.15, 0.2) is 78.9 Å². The van der Waals surface area contributed by atoms with E-state index < -0.39 is 11.9 Å². The quantitative estimate of drug-likeness (QED) is 0.355. The fourth-order valence-corrected chi connectivity index (χ4v) is 3.52. The maximum Gasteiger partial charge on any atom is 0.434 e. The number of fused-ring (bicyclic) bond motifs is 1. The smallest absolute Gasteiger partial charge is 0.242 e. The summed E-state index contributed by atoms with van der Waals surface area (Å²) >= 11 is 6.51. The molecule has 1 heterocycles. The Morgan fingerprint density at radius 3 is 1.89 bits per heavy atom. The highest BCUT2D eigenvalue weighted by atomic mass is 35.5. The van der Waals surface area contributed by atoms with E-state index in [2.05, 4.69) is 4.98 Å². The van der Waals surface area contributed by atoms with Crippen molar-refractivity contribution < 1.29 is 13.2 Å². The molecule has 4 aromatic rings. The van der Waals surface area contributed by atoms with E-state index in [9.17, 15) is 13.2 Å². The minimum absolute atomic E-state index is 0.0521. The SMILES string of the molecule is FC(F)(F)c1nc2c(-c3ccccc3)cccc2c(Cl)c1-c1ccccc1. The summed E-state index contributed by atoms with van der Waals surface area (Å²) in [7, 11) is 0. The predicted octanol–water partition coefficient (Wildman–Crippen LogP) is 7.24. The van der Waals surface area contributed by atoms with Crippen molar-refractivity contribution in [3.05, 3.63) is 89.6 Å². The normalized spacial score (nSPS) is 11.7. The summed E-state index contributed by atoms with van der Waals surface area (Å²) in [6, 6.07) is 22.7. The van der Waals surface area contributed by atoms with Gasteiger partial charge in [-0.25, -0.2) is 4.98 Å². The van der Waals surface area contributed by atoms with Crippen molar-refractivity contribution in [3.63, 3.8) is 0 Å². The van der Waals surface area contributed by atoms with E-state index in [0.29, 0.717) is 16.5 Å². The van der Waals surface area contributed by atoms with Crippen LogP contribution in [0.4, 0.5) is 13.2 Å². The Hall–Kier alpha value is -2.85. The first-order valence-corrected chi connectivity index (χ1v) is 8.65. The van der Waals surface area contributed by atoms with Gasteiger partial charge < -0.3 is 0 Å². The predicted molar refractivity (Wildman–Crippen MR) is 103 cm³/mol. The Morgan fingerprint density at radius 2 is 1.30 bits per heavy atom. The maximum absolute atomic E-state index is 13.9. The fourth-order valence-electron chi connectivity index (χ4n) is 3.17. The Bertz CT molecular complexity index is 1110. The molecule has 3 aromatic carbocycles. The Labute approximate surface area is 159 Å². The van der Waals surface area contributed by atoms with Gasteiger partial charge in [0.05, 0.1) is 10.5 Å². The average Bonchev–Trinajstić information content (AvgIpc) is 2.68. The Balaban J connectivity index is 2.11. The molecular weight excluding hydrogens is 371 g/mol. The molecule has 4 rings (SSSR count). The van der Waals surface area contributed by atoms with Crippen LogP contribution in [0.2, 0.25) is 5.02 Å². The molecule has 0 spiro atoms. The summed E-state index contributed by atoms with van der Waals surface area (Å²) in [5.41, 5.74) is 0.944. The molecule has 0 bridgehead atoms. The maximum atomic E-state index is 13.9. The lowest BCUT2D eigenvalue weighted by molar-refractivity contribution is -0.140. The molecule has 0 fully saturated rings. The summed E-state index contributed by atoms with van der Waals surface area (Å²) in [6.07, 6.45) is -4.63.